The predicted molar refractivity (Wildman–Crippen MR) is 78.1 cm³/mol. The molecular weight excluding hydrogens is 252 g/mol. The second-order valence-electron chi connectivity index (χ2n) is 6.15. The van der Waals surface area contributed by atoms with Crippen LogP contribution in [-0.4, -0.2) is 20.6 Å². The SMILES string of the molecule is CCc1nc2ccc(C(=O)O)cc2n1C(C)(C)C1CC1. The van der Waals surface area contributed by atoms with Gasteiger partial charge in [0.2, 0.25) is 0 Å². The molecule has 0 aliphatic heterocycles. The zero-order chi connectivity index (χ0) is 14.5. The second-order valence-corrected chi connectivity index (χ2v) is 6.15. The zero-order valence-electron chi connectivity index (χ0n) is 12.2. The minimum Gasteiger partial charge on any atom is -0.478 e. The molecule has 4 nitrogen and oxygen atoms in total. The summed E-state index contributed by atoms with van der Waals surface area (Å²) in [5.74, 6) is 0.819. The summed E-state index contributed by atoms with van der Waals surface area (Å²) in [7, 11) is 0. The number of aromatic nitrogens is 2. The van der Waals surface area contributed by atoms with Crippen LogP contribution >= 0.6 is 0 Å². The minimum atomic E-state index is -0.887. The molecule has 1 aromatic heterocycles. The van der Waals surface area contributed by atoms with Gasteiger partial charge in [-0.25, -0.2) is 9.78 Å². The van der Waals surface area contributed by atoms with Crippen LogP contribution in [0.25, 0.3) is 11.0 Å². The van der Waals surface area contributed by atoms with Gasteiger partial charge in [-0.1, -0.05) is 6.92 Å². The van der Waals surface area contributed by atoms with E-state index in [2.05, 4.69) is 30.3 Å². The van der Waals surface area contributed by atoms with Crippen LogP contribution < -0.4 is 0 Å². The summed E-state index contributed by atoms with van der Waals surface area (Å²) < 4.78 is 2.26. The van der Waals surface area contributed by atoms with Crippen LogP contribution in [-0.2, 0) is 12.0 Å². The van der Waals surface area contributed by atoms with E-state index in [1.54, 1.807) is 12.1 Å². The first kappa shape index (κ1) is 13.2. The Morgan fingerprint density at radius 2 is 2.15 bits per heavy atom. The van der Waals surface area contributed by atoms with Crippen LogP contribution in [0.2, 0.25) is 0 Å². The van der Waals surface area contributed by atoms with Gasteiger partial charge in [-0.3, -0.25) is 0 Å². The maximum Gasteiger partial charge on any atom is 0.335 e. The molecule has 0 unspecified atom stereocenters. The van der Waals surface area contributed by atoms with Crippen molar-refractivity contribution >= 4 is 17.0 Å². The highest BCUT2D eigenvalue weighted by molar-refractivity contribution is 5.92. The van der Waals surface area contributed by atoms with Crippen molar-refractivity contribution in [1.29, 1.82) is 0 Å². The highest BCUT2D eigenvalue weighted by Crippen LogP contribution is 2.45. The molecule has 106 valence electrons. The number of carbonyl (C=O) groups is 1. The predicted octanol–water partition coefficient (Wildman–Crippen LogP) is 3.44. The largest absolute Gasteiger partial charge is 0.478 e. The third kappa shape index (κ3) is 1.90. The molecule has 0 atom stereocenters. The molecule has 1 aliphatic carbocycles. The van der Waals surface area contributed by atoms with Crippen molar-refractivity contribution in [2.24, 2.45) is 5.92 Å². The van der Waals surface area contributed by atoms with Crippen molar-refractivity contribution in [2.75, 3.05) is 0 Å². The normalized spacial score (nSPS) is 15.8. The summed E-state index contributed by atoms with van der Waals surface area (Å²) in [5, 5.41) is 9.19. The molecule has 2 aromatic rings. The fraction of sp³-hybridized carbons (Fsp3) is 0.500. The first-order valence-corrected chi connectivity index (χ1v) is 7.20. The van der Waals surface area contributed by atoms with Gasteiger partial charge in [-0.15, -0.1) is 0 Å². The van der Waals surface area contributed by atoms with Crippen molar-refractivity contribution in [1.82, 2.24) is 9.55 Å². The second kappa shape index (κ2) is 4.33. The van der Waals surface area contributed by atoms with Crippen LogP contribution in [0.15, 0.2) is 18.2 Å². The lowest BCUT2D eigenvalue weighted by Crippen LogP contribution is -2.30. The lowest BCUT2D eigenvalue weighted by molar-refractivity contribution is 0.0697. The summed E-state index contributed by atoms with van der Waals surface area (Å²) >= 11 is 0. The molecule has 1 aromatic carbocycles. The summed E-state index contributed by atoms with van der Waals surface area (Å²) in [5.41, 5.74) is 2.16. The van der Waals surface area contributed by atoms with Crippen molar-refractivity contribution < 1.29 is 9.90 Å². The molecule has 1 heterocycles. The zero-order valence-corrected chi connectivity index (χ0v) is 12.2. The molecule has 20 heavy (non-hydrogen) atoms. The van der Waals surface area contributed by atoms with Crippen molar-refractivity contribution in [3.05, 3.63) is 29.6 Å². The van der Waals surface area contributed by atoms with Crippen molar-refractivity contribution in [3.8, 4) is 0 Å². The number of hydrogen-bond acceptors (Lipinski definition) is 2. The van der Waals surface area contributed by atoms with E-state index < -0.39 is 5.97 Å². The first-order chi connectivity index (χ1) is 9.45. The Hall–Kier alpha value is -1.84. The third-order valence-electron chi connectivity index (χ3n) is 4.44. The first-order valence-electron chi connectivity index (χ1n) is 7.20. The highest BCUT2D eigenvalue weighted by atomic mass is 16.4. The van der Waals surface area contributed by atoms with Gasteiger partial charge in [0.25, 0.3) is 0 Å². The number of aryl methyl sites for hydroxylation is 1. The van der Waals surface area contributed by atoms with E-state index in [-0.39, 0.29) is 5.54 Å². The molecule has 1 N–H and O–H groups in total. The summed E-state index contributed by atoms with van der Waals surface area (Å²) in [6, 6.07) is 5.21. The molecule has 1 saturated carbocycles. The van der Waals surface area contributed by atoms with E-state index in [9.17, 15) is 9.90 Å². The average Bonchev–Trinajstić information content (AvgIpc) is 3.18. The van der Waals surface area contributed by atoms with Crippen LogP contribution in [0.5, 0.6) is 0 Å². The number of benzene rings is 1. The molecule has 4 heteroatoms. The van der Waals surface area contributed by atoms with E-state index in [0.717, 1.165) is 23.3 Å². The number of rotatable bonds is 4. The Labute approximate surface area is 118 Å². The van der Waals surface area contributed by atoms with E-state index in [4.69, 9.17) is 0 Å². The number of carboxylic acids is 1. The Bertz CT molecular complexity index is 681. The van der Waals surface area contributed by atoms with Crippen molar-refractivity contribution in [3.63, 3.8) is 0 Å². The molecule has 0 bridgehead atoms. The van der Waals surface area contributed by atoms with Crippen LogP contribution in [0.1, 0.15) is 49.8 Å². The van der Waals surface area contributed by atoms with Crippen molar-refractivity contribution in [2.45, 2.75) is 45.6 Å². The van der Waals surface area contributed by atoms with Gasteiger partial charge in [0.05, 0.1) is 16.6 Å². The Morgan fingerprint density at radius 1 is 1.45 bits per heavy atom. The average molecular weight is 272 g/mol. The standard InChI is InChI=1S/C16H20N2O2/c1-4-14-17-12-8-5-10(15(19)20)9-13(12)18(14)16(2,3)11-6-7-11/h5,8-9,11H,4,6-7H2,1-3H3,(H,19,20). The van der Waals surface area contributed by atoms with Gasteiger partial charge in [-0.05, 0) is 50.8 Å². The summed E-state index contributed by atoms with van der Waals surface area (Å²) in [6.07, 6.45) is 3.34. The van der Waals surface area contributed by atoms with Gasteiger partial charge < -0.3 is 9.67 Å². The van der Waals surface area contributed by atoms with E-state index >= 15 is 0 Å². The van der Waals surface area contributed by atoms with E-state index in [1.807, 2.05) is 6.07 Å². The van der Waals surface area contributed by atoms with E-state index in [0.29, 0.717) is 11.5 Å². The molecule has 0 amide bonds. The molecule has 0 saturated heterocycles. The Kier molecular flexibility index (Phi) is 2.85. The smallest absolute Gasteiger partial charge is 0.335 e. The van der Waals surface area contributed by atoms with Gasteiger partial charge >= 0.3 is 5.97 Å². The Balaban J connectivity index is 2.26. The van der Waals surface area contributed by atoms with Gasteiger partial charge in [-0.2, -0.15) is 0 Å². The van der Waals surface area contributed by atoms with E-state index in [1.165, 1.54) is 12.8 Å². The van der Waals surface area contributed by atoms with Crippen LogP contribution in [0, 0.1) is 5.92 Å². The fourth-order valence-electron chi connectivity index (χ4n) is 3.11. The third-order valence-corrected chi connectivity index (χ3v) is 4.44. The summed E-state index contributed by atoms with van der Waals surface area (Å²) in [6.45, 7) is 6.57. The number of nitrogens with zero attached hydrogens (tertiary/aromatic N) is 2. The fourth-order valence-corrected chi connectivity index (χ4v) is 3.11. The topological polar surface area (TPSA) is 55.1 Å². The molecule has 0 radical (unpaired) electrons. The number of fused-ring (bicyclic) bond motifs is 1. The molecular formula is C16H20N2O2. The Morgan fingerprint density at radius 3 is 2.70 bits per heavy atom. The lowest BCUT2D eigenvalue weighted by atomic mass is 9.97. The van der Waals surface area contributed by atoms with Gasteiger partial charge in [0.1, 0.15) is 5.82 Å². The number of aromatic carboxylic acids is 1. The highest BCUT2D eigenvalue weighted by Gasteiger charge is 2.40. The molecule has 3 rings (SSSR count). The summed E-state index contributed by atoms with van der Waals surface area (Å²) in [4.78, 5) is 15.9. The van der Waals surface area contributed by atoms with Gasteiger partial charge in [0, 0.05) is 12.0 Å². The lowest BCUT2D eigenvalue weighted by Gasteiger charge is -2.29. The minimum absolute atomic E-state index is 0.00276. The van der Waals surface area contributed by atoms with Crippen LogP contribution in [0.4, 0.5) is 0 Å². The molecule has 1 aliphatic rings. The number of hydrogen-bond donors (Lipinski definition) is 1. The molecule has 1 fully saturated rings. The monoisotopic (exact) mass is 272 g/mol. The number of imidazole rings is 1. The van der Waals surface area contributed by atoms with Crippen LogP contribution in [0.3, 0.4) is 0 Å². The molecule has 0 spiro atoms. The maximum absolute atomic E-state index is 11.2. The van der Waals surface area contributed by atoms with Gasteiger partial charge in [0.15, 0.2) is 0 Å². The quantitative estimate of drug-likeness (QED) is 0.927. The number of carboxylic acid groups (broad SMARTS) is 1. The maximum atomic E-state index is 11.2.